The number of hydrogen-bond acceptors (Lipinski definition) is 3. The van der Waals surface area contributed by atoms with Gasteiger partial charge in [-0.25, -0.2) is 0 Å². The van der Waals surface area contributed by atoms with E-state index in [1.54, 1.807) is 0 Å². The molecule has 1 spiro atoms. The van der Waals surface area contributed by atoms with Gasteiger partial charge in [0, 0.05) is 30.9 Å². The summed E-state index contributed by atoms with van der Waals surface area (Å²) < 4.78 is 0. The number of hydrogen-bond donors (Lipinski definition) is 1. The molecule has 1 atom stereocenters. The van der Waals surface area contributed by atoms with Gasteiger partial charge in [-0.05, 0) is 30.9 Å². The van der Waals surface area contributed by atoms with Crippen LogP contribution in [-0.4, -0.2) is 29.7 Å². The third kappa shape index (κ3) is 2.69. The van der Waals surface area contributed by atoms with Gasteiger partial charge >= 0.3 is 0 Å². The average molecular weight is 273 g/mol. The molecule has 3 nitrogen and oxygen atoms in total. The van der Waals surface area contributed by atoms with Crippen molar-refractivity contribution < 1.29 is 0 Å². The molecule has 3 rings (SSSR count). The van der Waals surface area contributed by atoms with Gasteiger partial charge in [0.2, 0.25) is 0 Å². The van der Waals surface area contributed by atoms with Crippen molar-refractivity contribution in [3.63, 3.8) is 0 Å². The molecule has 2 fully saturated rings. The fraction of sp³-hybridized carbons (Fsp3) is 0.706. The minimum atomic E-state index is 0.347. The van der Waals surface area contributed by atoms with Crippen LogP contribution in [0.25, 0.3) is 0 Å². The number of aromatic nitrogens is 1. The summed E-state index contributed by atoms with van der Waals surface area (Å²) in [4.78, 5) is 6.94. The quantitative estimate of drug-likeness (QED) is 0.897. The van der Waals surface area contributed by atoms with Crippen LogP contribution in [0.3, 0.4) is 0 Å². The largest absolute Gasteiger partial charge is 0.364 e. The van der Waals surface area contributed by atoms with Gasteiger partial charge in [0.05, 0.1) is 11.9 Å². The Labute approximate surface area is 122 Å². The molecule has 1 aliphatic carbocycles. The third-order valence-electron chi connectivity index (χ3n) is 5.12. The molecule has 0 aromatic carbocycles. The lowest BCUT2D eigenvalue weighted by molar-refractivity contribution is 0.184. The highest BCUT2D eigenvalue weighted by Crippen LogP contribution is 2.35. The summed E-state index contributed by atoms with van der Waals surface area (Å²) in [6.45, 7) is 6.90. The topological polar surface area (TPSA) is 28.2 Å². The third-order valence-corrected chi connectivity index (χ3v) is 5.12. The van der Waals surface area contributed by atoms with Crippen molar-refractivity contribution >= 4 is 5.69 Å². The number of pyridine rings is 1. The molecule has 1 aliphatic heterocycles. The van der Waals surface area contributed by atoms with Crippen LogP contribution in [0.4, 0.5) is 5.69 Å². The molecule has 1 unspecified atom stereocenters. The maximum atomic E-state index is 4.33. The molecular formula is C17H27N3. The monoisotopic (exact) mass is 273 g/mol. The van der Waals surface area contributed by atoms with Crippen molar-refractivity contribution in [1.29, 1.82) is 0 Å². The molecule has 3 heteroatoms. The SMILES string of the molecule is CC(C)C1CNC2(CCCCC2)CN1c1cccnc1. The Bertz CT molecular complexity index is 423. The summed E-state index contributed by atoms with van der Waals surface area (Å²) in [7, 11) is 0. The van der Waals surface area contributed by atoms with E-state index in [4.69, 9.17) is 0 Å². The van der Waals surface area contributed by atoms with E-state index in [9.17, 15) is 0 Å². The molecule has 2 aliphatic rings. The van der Waals surface area contributed by atoms with E-state index in [-0.39, 0.29) is 0 Å². The molecule has 1 N–H and O–H groups in total. The lowest BCUT2D eigenvalue weighted by atomic mass is 9.78. The van der Waals surface area contributed by atoms with Crippen LogP contribution in [0.15, 0.2) is 24.5 Å². The number of anilines is 1. The van der Waals surface area contributed by atoms with Crippen LogP contribution in [0, 0.1) is 5.92 Å². The summed E-state index contributed by atoms with van der Waals surface area (Å²) in [5, 5.41) is 3.90. The van der Waals surface area contributed by atoms with Gasteiger partial charge in [0.1, 0.15) is 0 Å². The van der Waals surface area contributed by atoms with Crippen molar-refractivity contribution in [2.24, 2.45) is 5.92 Å². The van der Waals surface area contributed by atoms with Crippen molar-refractivity contribution in [1.82, 2.24) is 10.3 Å². The Kier molecular flexibility index (Phi) is 3.97. The summed E-state index contributed by atoms with van der Waals surface area (Å²) in [6, 6.07) is 4.85. The predicted octanol–water partition coefficient (Wildman–Crippen LogP) is 3.22. The van der Waals surface area contributed by atoms with Crippen molar-refractivity contribution in [3.8, 4) is 0 Å². The molecule has 2 heterocycles. The standard InChI is InChI=1S/C17H27N3/c1-14(2)16-12-19-17(8-4-3-5-9-17)13-20(16)15-7-6-10-18-11-15/h6-7,10-11,14,16,19H,3-5,8-9,12-13H2,1-2H3. The molecule has 1 saturated heterocycles. The Balaban J connectivity index is 1.85. The number of nitrogens with zero attached hydrogens (tertiary/aromatic N) is 2. The fourth-order valence-corrected chi connectivity index (χ4v) is 3.90. The molecule has 20 heavy (non-hydrogen) atoms. The van der Waals surface area contributed by atoms with Gasteiger partial charge in [0.25, 0.3) is 0 Å². The maximum Gasteiger partial charge on any atom is 0.0556 e. The summed E-state index contributed by atoms with van der Waals surface area (Å²) >= 11 is 0. The molecule has 0 amide bonds. The number of nitrogens with one attached hydrogen (secondary N) is 1. The number of rotatable bonds is 2. The smallest absolute Gasteiger partial charge is 0.0556 e. The van der Waals surface area contributed by atoms with Crippen LogP contribution in [0.5, 0.6) is 0 Å². The zero-order chi connectivity index (χ0) is 14.0. The predicted molar refractivity (Wildman–Crippen MR) is 84.0 cm³/mol. The van der Waals surface area contributed by atoms with E-state index < -0.39 is 0 Å². The van der Waals surface area contributed by atoms with Gasteiger partial charge < -0.3 is 10.2 Å². The normalized spacial score (nSPS) is 26.1. The van der Waals surface area contributed by atoms with Crippen molar-refractivity contribution in [2.45, 2.75) is 57.5 Å². The number of piperazine rings is 1. The maximum absolute atomic E-state index is 4.33. The highest BCUT2D eigenvalue weighted by atomic mass is 15.3. The van der Waals surface area contributed by atoms with Crippen molar-refractivity contribution in [3.05, 3.63) is 24.5 Å². The lowest BCUT2D eigenvalue weighted by Gasteiger charge is -2.51. The van der Waals surface area contributed by atoms with Crippen molar-refractivity contribution in [2.75, 3.05) is 18.0 Å². The molecule has 110 valence electrons. The molecule has 0 radical (unpaired) electrons. The van der Waals surface area contributed by atoms with E-state index in [0.717, 1.165) is 13.1 Å². The molecule has 1 aromatic rings. The summed E-state index contributed by atoms with van der Waals surface area (Å²) in [5.74, 6) is 0.656. The first-order valence-corrected chi connectivity index (χ1v) is 8.12. The second kappa shape index (κ2) is 5.72. The average Bonchev–Trinajstić information content (AvgIpc) is 2.48. The highest BCUT2D eigenvalue weighted by Gasteiger charge is 2.40. The zero-order valence-corrected chi connectivity index (χ0v) is 12.8. The second-order valence-electron chi connectivity index (χ2n) is 6.87. The second-order valence-corrected chi connectivity index (χ2v) is 6.87. The Hall–Kier alpha value is -1.09. The van der Waals surface area contributed by atoms with E-state index in [0.29, 0.717) is 17.5 Å². The van der Waals surface area contributed by atoms with E-state index in [2.05, 4.69) is 41.2 Å². The first-order chi connectivity index (χ1) is 9.70. The Morgan fingerprint density at radius 2 is 2.10 bits per heavy atom. The van der Waals surface area contributed by atoms with E-state index >= 15 is 0 Å². The van der Waals surface area contributed by atoms with Gasteiger partial charge in [-0.2, -0.15) is 0 Å². The van der Waals surface area contributed by atoms with Gasteiger partial charge in [-0.15, -0.1) is 0 Å². The molecule has 1 saturated carbocycles. The molecule has 1 aromatic heterocycles. The van der Waals surface area contributed by atoms with E-state index in [1.807, 2.05) is 12.4 Å². The molecule has 0 bridgehead atoms. The van der Waals surface area contributed by atoms with Gasteiger partial charge in [-0.1, -0.05) is 33.1 Å². The fourth-order valence-electron chi connectivity index (χ4n) is 3.90. The highest BCUT2D eigenvalue weighted by molar-refractivity contribution is 5.46. The minimum Gasteiger partial charge on any atom is -0.364 e. The Morgan fingerprint density at radius 1 is 1.30 bits per heavy atom. The first-order valence-electron chi connectivity index (χ1n) is 8.12. The zero-order valence-electron chi connectivity index (χ0n) is 12.8. The van der Waals surface area contributed by atoms with Crippen LogP contribution in [-0.2, 0) is 0 Å². The van der Waals surface area contributed by atoms with Crippen LogP contribution in [0.2, 0.25) is 0 Å². The van der Waals surface area contributed by atoms with E-state index in [1.165, 1.54) is 37.8 Å². The molecular weight excluding hydrogens is 246 g/mol. The minimum absolute atomic E-state index is 0.347. The van der Waals surface area contributed by atoms with Crippen LogP contribution >= 0.6 is 0 Å². The Morgan fingerprint density at radius 3 is 2.75 bits per heavy atom. The summed E-state index contributed by atoms with van der Waals surface area (Å²) in [6.07, 6.45) is 10.7. The summed E-state index contributed by atoms with van der Waals surface area (Å²) in [5.41, 5.74) is 1.64. The van der Waals surface area contributed by atoms with Crippen LogP contribution in [0.1, 0.15) is 46.0 Å². The first kappa shape index (κ1) is 13.9. The van der Waals surface area contributed by atoms with Gasteiger partial charge in [0.15, 0.2) is 0 Å². The van der Waals surface area contributed by atoms with Gasteiger partial charge in [-0.3, -0.25) is 4.98 Å². The van der Waals surface area contributed by atoms with Crippen LogP contribution < -0.4 is 10.2 Å². The lowest BCUT2D eigenvalue weighted by Crippen LogP contribution is -2.66.